The number of likely N-dealkylation sites (N-methyl/N-ethyl adjacent to an activating group) is 1. The number of carbonyl (C=O) groups is 2. The number of aromatic nitrogens is 2. The number of urea groups is 1. The molecule has 2 aliphatic heterocycles. The standard InChI is InChI=1S/C19H24N5O3/c1-5-6-9-22-17(25)15-16(21(4)19(22)26)20-18-23(11-14-8-7-10-27-14)12(2)13(3)24(15)18/h7-8,10,15H,5-6,9,11H2,1-4H3/q+1. The van der Waals surface area contributed by atoms with Crippen LogP contribution in [0.1, 0.15) is 43.0 Å². The van der Waals surface area contributed by atoms with Crippen molar-refractivity contribution in [1.29, 1.82) is 0 Å². The van der Waals surface area contributed by atoms with Gasteiger partial charge in [0, 0.05) is 13.6 Å². The summed E-state index contributed by atoms with van der Waals surface area (Å²) >= 11 is 0. The van der Waals surface area contributed by atoms with Crippen LogP contribution in [-0.2, 0) is 11.3 Å². The fourth-order valence-electron chi connectivity index (χ4n) is 3.77. The normalized spacial score (nSPS) is 18.8. The lowest BCUT2D eigenvalue weighted by Gasteiger charge is -2.33. The van der Waals surface area contributed by atoms with Crippen molar-refractivity contribution >= 4 is 23.7 Å². The van der Waals surface area contributed by atoms with E-state index in [2.05, 4.69) is 0 Å². The summed E-state index contributed by atoms with van der Waals surface area (Å²) < 4.78 is 9.45. The lowest BCUT2D eigenvalue weighted by molar-refractivity contribution is -0.682. The molecular formula is C19H24N5O3+. The number of imide groups is 1. The van der Waals surface area contributed by atoms with E-state index in [1.54, 1.807) is 13.3 Å². The Morgan fingerprint density at radius 2 is 2.07 bits per heavy atom. The highest BCUT2D eigenvalue weighted by molar-refractivity contribution is 6.20. The SMILES string of the molecule is CCCCN1C(=O)C2C(=Nc3n2c(C)c(C)[n+]3Cc2ccco2)N(C)C1=O. The van der Waals surface area contributed by atoms with Gasteiger partial charge in [-0.25, -0.2) is 13.9 Å². The van der Waals surface area contributed by atoms with Crippen molar-refractivity contribution in [3.63, 3.8) is 0 Å². The summed E-state index contributed by atoms with van der Waals surface area (Å²) in [4.78, 5) is 33.4. The number of furan rings is 1. The molecule has 0 spiro atoms. The van der Waals surface area contributed by atoms with Crippen LogP contribution < -0.4 is 4.57 Å². The van der Waals surface area contributed by atoms with Crippen LogP contribution >= 0.6 is 0 Å². The minimum Gasteiger partial charge on any atom is -0.466 e. The highest BCUT2D eigenvalue weighted by Gasteiger charge is 2.53. The molecule has 142 valence electrons. The maximum atomic E-state index is 13.2. The highest BCUT2D eigenvalue weighted by Crippen LogP contribution is 2.35. The summed E-state index contributed by atoms with van der Waals surface area (Å²) in [5, 5.41) is 0. The third kappa shape index (κ3) is 2.50. The van der Waals surface area contributed by atoms with E-state index < -0.39 is 6.04 Å². The molecule has 1 atom stereocenters. The molecule has 0 N–H and O–H groups in total. The molecule has 27 heavy (non-hydrogen) atoms. The molecule has 0 aromatic carbocycles. The number of nitrogens with zero attached hydrogens (tertiary/aromatic N) is 5. The molecule has 0 radical (unpaired) electrons. The number of amidine groups is 1. The van der Waals surface area contributed by atoms with Gasteiger partial charge in [-0.1, -0.05) is 18.3 Å². The van der Waals surface area contributed by atoms with E-state index in [0.717, 1.165) is 30.0 Å². The van der Waals surface area contributed by atoms with E-state index >= 15 is 0 Å². The smallest absolute Gasteiger partial charge is 0.402 e. The van der Waals surface area contributed by atoms with Crippen molar-refractivity contribution in [1.82, 2.24) is 14.4 Å². The predicted molar refractivity (Wildman–Crippen MR) is 97.8 cm³/mol. The lowest BCUT2D eigenvalue weighted by Crippen LogP contribution is -2.57. The van der Waals surface area contributed by atoms with Gasteiger partial charge in [0.15, 0.2) is 0 Å². The Labute approximate surface area is 157 Å². The number of carbonyl (C=O) groups excluding carboxylic acids is 2. The van der Waals surface area contributed by atoms with Gasteiger partial charge in [-0.3, -0.25) is 14.6 Å². The summed E-state index contributed by atoms with van der Waals surface area (Å²) in [7, 11) is 1.69. The maximum absolute atomic E-state index is 13.2. The molecule has 4 rings (SSSR count). The van der Waals surface area contributed by atoms with E-state index in [9.17, 15) is 9.59 Å². The number of aliphatic imine (C=N–C) groups is 1. The van der Waals surface area contributed by atoms with Crippen molar-refractivity contribution in [2.45, 2.75) is 46.2 Å². The van der Waals surface area contributed by atoms with Gasteiger partial charge in [-0.2, -0.15) is 0 Å². The molecule has 0 saturated carbocycles. The molecule has 8 heteroatoms. The van der Waals surface area contributed by atoms with Crippen molar-refractivity contribution in [3.05, 3.63) is 35.5 Å². The van der Waals surface area contributed by atoms with Gasteiger partial charge in [0.1, 0.15) is 23.7 Å². The van der Waals surface area contributed by atoms with E-state index in [1.165, 1.54) is 9.80 Å². The Morgan fingerprint density at radius 1 is 1.30 bits per heavy atom. The topological polar surface area (TPSA) is 74.9 Å². The van der Waals surface area contributed by atoms with Crippen LogP contribution in [0.2, 0.25) is 0 Å². The summed E-state index contributed by atoms with van der Waals surface area (Å²) in [6, 6.07) is 2.87. The van der Waals surface area contributed by atoms with E-state index in [0.29, 0.717) is 24.9 Å². The Bertz CT molecular complexity index is 941. The van der Waals surface area contributed by atoms with Gasteiger partial charge in [0.2, 0.25) is 11.9 Å². The van der Waals surface area contributed by atoms with Crippen LogP contribution in [0.15, 0.2) is 27.8 Å². The fourth-order valence-corrected chi connectivity index (χ4v) is 3.77. The Hall–Kier alpha value is -2.90. The molecule has 1 fully saturated rings. The van der Waals surface area contributed by atoms with Gasteiger partial charge in [0.25, 0.3) is 5.91 Å². The van der Waals surface area contributed by atoms with Gasteiger partial charge in [-0.15, -0.1) is 0 Å². The quantitative estimate of drug-likeness (QED) is 0.758. The van der Waals surface area contributed by atoms with Crippen LogP contribution in [0.4, 0.5) is 10.7 Å². The van der Waals surface area contributed by atoms with Crippen LogP contribution in [0, 0.1) is 13.8 Å². The van der Waals surface area contributed by atoms with E-state index in [1.807, 2.05) is 42.0 Å². The molecule has 2 aromatic heterocycles. The maximum Gasteiger partial charge on any atom is 0.402 e. The number of amides is 3. The molecule has 0 bridgehead atoms. The molecule has 2 aliphatic rings. The van der Waals surface area contributed by atoms with Crippen LogP contribution in [0.5, 0.6) is 0 Å². The molecule has 8 nitrogen and oxygen atoms in total. The number of imidazole rings is 1. The Kier molecular flexibility index (Phi) is 4.13. The van der Waals surface area contributed by atoms with Crippen molar-refractivity contribution in [3.8, 4) is 0 Å². The Balaban J connectivity index is 1.78. The number of rotatable bonds is 5. The van der Waals surface area contributed by atoms with Gasteiger partial charge >= 0.3 is 12.0 Å². The first kappa shape index (κ1) is 17.5. The second kappa shape index (κ2) is 6.37. The number of hydrogen-bond donors (Lipinski definition) is 0. The third-order valence-electron chi connectivity index (χ3n) is 5.45. The zero-order chi connectivity index (χ0) is 19.3. The first-order chi connectivity index (χ1) is 13.0. The lowest BCUT2D eigenvalue weighted by atomic mass is 10.1. The van der Waals surface area contributed by atoms with E-state index in [-0.39, 0.29) is 11.9 Å². The third-order valence-corrected chi connectivity index (χ3v) is 5.45. The summed E-state index contributed by atoms with van der Waals surface area (Å²) in [5.74, 6) is 1.77. The van der Waals surface area contributed by atoms with Gasteiger partial charge in [0.05, 0.1) is 6.26 Å². The fraction of sp³-hybridized carbons (Fsp3) is 0.474. The molecule has 1 saturated heterocycles. The minimum absolute atomic E-state index is 0.202. The summed E-state index contributed by atoms with van der Waals surface area (Å²) in [5.41, 5.74) is 1.99. The number of hydrogen-bond acceptors (Lipinski definition) is 4. The summed E-state index contributed by atoms with van der Waals surface area (Å²) in [6.07, 6.45) is 3.35. The molecule has 2 aromatic rings. The van der Waals surface area contributed by atoms with E-state index in [4.69, 9.17) is 9.41 Å². The number of fused-ring (bicyclic) bond motifs is 3. The zero-order valence-electron chi connectivity index (χ0n) is 16.1. The average Bonchev–Trinajstić information content (AvgIpc) is 3.35. The van der Waals surface area contributed by atoms with Gasteiger partial charge in [-0.05, 0) is 32.4 Å². The van der Waals surface area contributed by atoms with Crippen LogP contribution in [-0.4, -0.2) is 45.7 Å². The first-order valence-corrected chi connectivity index (χ1v) is 9.27. The molecule has 3 amide bonds. The largest absolute Gasteiger partial charge is 0.466 e. The van der Waals surface area contributed by atoms with Crippen molar-refractivity contribution in [2.24, 2.45) is 4.99 Å². The Morgan fingerprint density at radius 3 is 2.74 bits per heavy atom. The second-order valence-electron chi connectivity index (χ2n) is 7.06. The van der Waals surface area contributed by atoms with Crippen molar-refractivity contribution < 1.29 is 18.6 Å². The van der Waals surface area contributed by atoms with Crippen LogP contribution in [0.25, 0.3) is 0 Å². The summed E-state index contributed by atoms with van der Waals surface area (Å²) in [6.45, 7) is 6.99. The molecule has 0 aliphatic carbocycles. The highest BCUT2D eigenvalue weighted by atomic mass is 16.3. The average molecular weight is 370 g/mol. The monoisotopic (exact) mass is 370 g/mol. The van der Waals surface area contributed by atoms with Gasteiger partial charge < -0.3 is 4.42 Å². The first-order valence-electron chi connectivity index (χ1n) is 9.27. The van der Waals surface area contributed by atoms with Crippen molar-refractivity contribution in [2.75, 3.05) is 13.6 Å². The minimum atomic E-state index is -0.587. The second-order valence-corrected chi connectivity index (χ2v) is 7.06. The molecular weight excluding hydrogens is 346 g/mol. The number of unbranched alkanes of at least 4 members (excludes halogenated alkanes) is 1. The molecule has 4 heterocycles. The molecule has 1 unspecified atom stereocenters. The van der Waals surface area contributed by atoms with Crippen LogP contribution in [0.3, 0.4) is 0 Å². The predicted octanol–water partition coefficient (Wildman–Crippen LogP) is 2.31. The zero-order valence-corrected chi connectivity index (χ0v) is 16.1.